The summed E-state index contributed by atoms with van der Waals surface area (Å²) in [6.45, 7) is 0.994. The van der Waals surface area contributed by atoms with Gasteiger partial charge in [0.15, 0.2) is 3.61 Å². The first-order valence-electron chi connectivity index (χ1n) is 5.59. The molecule has 0 aromatic heterocycles. The monoisotopic (exact) mass is 634 g/mol. The highest BCUT2D eigenvalue weighted by Gasteiger charge is 2.65. The summed E-state index contributed by atoms with van der Waals surface area (Å²) in [6, 6.07) is 0. The average Bonchev–Trinajstić information content (AvgIpc) is 2.34. The highest BCUT2D eigenvalue weighted by atomic mass is 127. The first-order valence-corrected chi connectivity index (χ1v) is 8.83. The summed E-state index contributed by atoms with van der Waals surface area (Å²) in [5.74, 6) is -3.17. The molecule has 0 bridgehead atoms. The first-order chi connectivity index (χ1) is 9.47. The van der Waals surface area contributed by atoms with Gasteiger partial charge in [0.1, 0.15) is 11.2 Å². The van der Waals surface area contributed by atoms with Crippen LogP contribution in [0.1, 0.15) is 6.92 Å². The van der Waals surface area contributed by atoms with Crippen LogP contribution in [0.2, 0.25) is 0 Å². The minimum Gasteiger partial charge on any atom is -0.506 e. The van der Waals surface area contributed by atoms with Gasteiger partial charge in [0.25, 0.3) is 0 Å². The Hall–Kier alpha value is 0.330. The molecule has 0 heterocycles. The van der Waals surface area contributed by atoms with Gasteiger partial charge in [-0.25, -0.2) is 0 Å². The molecule has 0 fully saturated rings. The van der Waals surface area contributed by atoms with Gasteiger partial charge in [0, 0.05) is 12.5 Å². The molecule has 2 amide bonds. The molecule has 0 spiro atoms. The minimum atomic E-state index is -2.09. The van der Waals surface area contributed by atoms with Crippen LogP contribution in [0.4, 0.5) is 0 Å². The fourth-order valence-corrected chi connectivity index (χ4v) is 7.89. The van der Waals surface area contributed by atoms with E-state index in [0.717, 1.165) is 0 Å². The SMILES string of the molecule is CC(CO)C1(C(N)=O)C(I)=C(O)C(I)=C(C(N)=O)C1(O)I. The normalized spacial score (nSPS) is 31.3. The van der Waals surface area contributed by atoms with E-state index in [2.05, 4.69) is 0 Å². The molecule has 10 heteroatoms. The fraction of sp³-hybridized carbons (Fsp3) is 0.455. The molecule has 3 atom stereocenters. The highest BCUT2D eigenvalue weighted by Crippen LogP contribution is 2.59. The third-order valence-corrected chi connectivity index (χ3v) is 7.29. The Bertz CT molecular complexity index is 572. The molecule has 1 aliphatic rings. The second-order valence-electron chi connectivity index (χ2n) is 4.59. The van der Waals surface area contributed by atoms with Gasteiger partial charge in [-0.3, -0.25) is 9.59 Å². The molecule has 7 nitrogen and oxygen atoms in total. The van der Waals surface area contributed by atoms with Crippen molar-refractivity contribution >= 4 is 79.6 Å². The van der Waals surface area contributed by atoms with Crippen LogP contribution in [-0.2, 0) is 9.59 Å². The Kier molecular flexibility index (Phi) is 5.95. The molecule has 21 heavy (non-hydrogen) atoms. The number of hydrogen-bond acceptors (Lipinski definition) is 5. The quantitative estimate of drug-likeness (QED) is 0.227. The third kappa shape index (κ3) is 2.59. The fourth-order valence-electron chi connectivity index (χ4n) is 2.36. The van der Waals surface area contributed by atoms with Crippen molar-refractivity contribution in [1.29, 1.82) is 0 Å². The van der Waals surface area contributed by atoms with Crippen molar-refractivity contribution in [3.8, 4) is 0 Å². The van der Waals surface area contributed by atoms with Crippen molar-refractivity contribution in [3.63, 3.8) is 0 Å². The topological polar surface area (TPSA) is 147 Å². The standard InChI is InChI=1S/C11H13I3N2O5/c1-3(2-17)10(9(16)20)7(13)6(18)5(12)4(8(15)19)11(10,14)21/h3,17-18,21H,2H2,1H3,(H2,15,19)(H2,16,20). The average molecular weight is 634 g/mol. The van der Waals surface area contributed by atoms with E-state index in [1.165, 1.54) is 29.5 Å². The van der Waals surface area contributed by atoms with Gasteiger partial charge in [-0.15, -0.1) is 0 Å². The maximum absolute atomic E-state index is 12.1. The van der Waals surface area contributed by atoms with E-state index in [9.17, 15) is 24.9 Å². The lowest BCUT2D eigenvalue weighted by atomic mass is 9.66. The van der Waals surface area contributed by atoms with E-state index in [1.54, 1.807) is 45.2 Å². The molecule has 0 aliphatic heterocycles. The largest absolute Gasteiger partial charge is 0.506 e. The Balaban J connectivity index is 3.91. The highest BCUT2D eigenvalue weighted by molar-refractivity contribution is 14.1. The second kappa shape index (κ2) is 6.45. The zero-order valence-electron chi connectivity index (χ0n) is 10.7. The second-order valence-corrected chi connectivity index (χ2v) is 8.31. The van der Waals surface area contributed by atoms with Crippen LogP contribution in [0.3, 0.4) is 0 Å². The number of allylic oxidation sites excluding steroid dienone is 1. The van der Waals surface area contributed by atoms with Crippen molar-refractivity contribution in [2.45, 2.75) is 10.5 Å². The van der Waals surface area contributed by atoms with Gasteiger partial charge < -0.3 is 26.8 Å². The van der Waals surface area contributed by atoms with E-state index in [1.807, 2.05) is 0 Å². The van der Waals surface area contributed by atoms with Gasteiger partial charge in [-0.1, -0.05) is 6.92 Å². The van der Waals surface area contributed by atoms with Crippen LogP contribution in [0.15, 0.2) is 18.5 Å². The predicted molar refractivity (Wildman–Crippen MR) is 101 cm³/mol. The van der Waals surface area contributed by atoms with Crippen molar-refractivity contribution in [1.82, 2.24) is 0 Å². The molecule has 0 saturated heterocycles. The van der Waals surface area contributed by atoms with Crippen molar-refractivity contribution in [3.05, 3.63) is 18.5 Å². The number of aliphatic hydroxyl groups is 3. The number of carbonyl (C=O) groups excluding carboxylic acids is 2. The number of primary amides is 2. The summed E-state index contributed by atoms with van der Waals surface area (Å²) < 4.78 is -1.99. The number of nitrogens with two attached hydrogens (primary N) is 2. The molecule has 0 saturated carbocycles. The van der Waals surface area contributed by atoms with E-state index >= 15 is 0 Å². The lowest BCUT2D eigenvalue weighted by Gasteiger charge is -2.48. The van der Waals surface area contributed by atoms with Crippen molar-refractivity contribution in [2.24, 2.45) is 22.8 Å². The summed E-state index contributed by atoms with van der Waals surface area (Å²) >= 11 is 4.86. The van der Waals surface area contributed by atoms with Crippen LogP contribution < -0.4 is 11.5 Å². The summed E-state index contributed by atoms with van der Waals surface area (Å²) in [7, 11) is 0. The number of rotatable bonds is 4. The van der Waals surface area contributed by atoms with E-state index < -0.39 is 33.4 Å². The molecule has 1 rings (SSSR count). The Morgan fingerprint density at radius 3 is 2.14 bits per heavy atom. The molecular formula is C11H13I3N2O5. The van der Waals surface area contributed by atoms with Crippen molar-refractivity contribution in [2.75, 3.05) is 6.61 Å². The summed E-state index contributed by atoms with van der Waals surface area (Å²) in [4.78, 5) is 23.8. The molecular weight excluding hydrogens is 621 g/mol. The molecule has 3 unspecified atom stereocenters. The van der Waals surface area contributed by atoms with Crippen LogP contribution in [-0.4, -0.2) is 37.3 Å². The molecule has 1 aliphatic carbocycles. The Morgan fingerprint density at radius 2 is 1.81 bits per heavy atom. The predicted octanol–water partition coefficient (Wildman–Crippen LogP) is 0.603. The number of alkyl halides is 1. The van der Waals surface area contributed by atoms with Gasteiger partial charge in [-0.2, -0.15) is 0 Å². The Labute approximate surface area is 161 Å². The van der Waals surface area contributed by atoms with Crippen LogP contribution in [0.25, 0.3) is 0 Å². The third-order valence-electron chi connectivity index (χ3n) is 3.48. The summed E-state index contributed by atoms with van der Waals surface area (Å²) in [5, 5.41) is 30.6. The van der Waals surface area contributed by atoms with E-state index in [-0.39, 0.29) is 18.5 Å². The summed E-state index contributed by atoms with van der Waals surface area (Å²) in [5.41, 5.74) is 8.57. The number of carbonyl (C=O) groups is 2. The number of aliphatic hydroxyl groups excluding tert-OH is 2. The molecule has 118 valence electrons. The Morgan fingerprint density at radius 1 is 1.33 bits per heavy atom. The zero-order valence-corrected chi connectivity index (χ0v) is 17.2. The van der Waals surface area contributed by atoms with Gasteiger partial charge in [-0.05, 0) is 67.8 Å². The van der Waals surface area contributed by atoms with E-state index in [0.29, 0.717) is 0 Å². The van der Waals surface area contributed by atoms with Crippen LogP contribution in [0.5, 0.6) is 0 Å². The number of amides is 2. The molecule has 0 aromatic carbocycles. The van der Waals surface area contributed by atoms with Crippen molar-refractivity contribution < 1.29 is 24.9 Å². The first kappa shape index (κ1) is 19.4. The number of hydrogen-bond donors (Lipinski definition) is 5. The van der Waals surface area contributed by atoms with E-state index in [4.69, 9.17) is 11.5 Å². The maximum atomic E-state index is 12.1. The maximum Gasteiger partial charge on any atom is 0.249 e. The van der Waals surface area contributed by atoms with Crippen LogP contribution >= 0.6 is 67.8 Å². The smallest absolute Gasteiger partial charge is 0.249 e. The molecule has 7 N–H and O–H groups in total. The lowest BCUT2D eigenvalue weighted by molar-refractivity contribution is -0.136. The van der Waals surface area contributed by atoms with Gasteiger partial charge in [0.05, 0.1) is 12.7 Å². The van der Waals surface area contributed by atoms with Gasteiger partial charge >= 0.3 is 0 Å². The zero-order chi connectivity index (χ0) is 16.7. The minimum absolute atomic E-state index is 0.0448. The molecule has 0 radical (unpaired) electrons. The molecule has 0 aromatic rings. The van der Waals surface area contributed by atoms with Crippen LogP contribution in [0, 0.1) is 11.3 Å². The van der Waals surface area contributed by atoms with Gasteiger partial charge in [0.2, 0.25) is 11.8 Å². The lowest BCUT2D eigenvalue weighted by Crippen LogP contribution is -2.61. The number of halogens is 3. The summed E-state index contributed by atoms with van der Waals surface area (Å²) in [6.07, 6.45) is 0.